The highest BCUT2D eigenvalue weighted by atomic mass is 16.3. The lowest BCUT2D eigenvalue weighted by molar-refractivity contribution is 0.350. The van der Waals surface area contributed by atoms with Gasteiger partial charge < -0.3 is 5.11 Å². The third-order valence-electron chi connectivity index (χ3n) is 1.81. The zero-order valence-corrected chi connectivity index (χ0v) is 7.44. The fraction of sp³-hybridized carbons (Fsp3) is 0.0909. The minimum atomic E-state index is -0.305. The Bertz CT molecular complexity index is 405. The summed E-state index contributed by atoms with van der Waals surface area (Å²) in [6, 6.07) is 12.4. The average molecular weight is 184 g/mol. The van der Waals surface area contributed by atoms with Crippen molar-refractivity contribution in [3.8, 4) is 12.1 Å². The second-order valence-corrected chi connectivity index (χ2v) is 2.60. The van der Waals surface area contributed by atoms with Gasteiger partial charge in [-0.1, -0.05) is 30.3 Å². The topological polar surface area (TPSA) is 67.8 Å². The molecule has 0 atom stereocenters. The quantitative estimate of drug-likeness (QED) is 0.708. The maximum absolute atomic E-state index is 9.05. The van der Waals surface area contributed by atoms with Crippen molar-refractivity contribution in [3.63, 3.8) is 0 Å². The van der Waals surface area contributed by atoms with Crippen LogP contribution in [0.25, 0.3) is 5.57 Å². The Morgan fingerprint density at radius 3 is 2.14 bits per heavy atom. The fourth-order valence-corrected chi connectivity index (χ4v) is 1.11. The highest BCUT2D eigenvalue weighted by Gasteiger charge is 2.06. The SMILES string of the molecule is N#CC(C#N)=C(CO)c1ccccc1. The van der Waals surface area contributed by atoms with Gasteiger partial charge in [-0.05, 0) is 5.56 Å². The molecule has 68 valence electrons. The minimum absolute atomic E-state index is 0.0429. The Morgan fingerprint density at radius 2 is 1.71 bits per heavy atom. The predicted molar refractivity (Wildman–Crippen MR) is 51.7 cm³/mol. The van der Waals surface area contributed by atoms with Crippen LogP contribution in [0.1, 0.15) is 5.56 Å². The first-order valence-corrected chi connectivity index (χ1v) is 4.03. The maximum atomic E-state index is 9.05. The summed E-state index contributed by atoms with van der Waals surface area (Å²) in [6.07, 6.45) is 0. The van der Waals surface area contributed by atoms with Crippen LogP contribution in [0.2, 0.25) is 0 Å². The molecule has 0 saturated heterocycles. The van der Waals surface area contributed by atoms with Crippen LogP contribution in [-0.2, 0) is 0 Å². The van der Waals surface area contributed by atoms with E-state index in [0.717, 1.165) is 0 Å². The molecule has 0 spiro atoms. The highest BCUT2D eigenvalue weighted by Crippen LogP contribution is 2.16. The van der Waals surface area contributed by atoms with Crippen LogP contribution in [0, 0.1) is 22.7 Å². The Hall–Kier alpha value is -2.10. The summed E-state index contributed by atoms with van der Waals surface area (Å²) in [5.41, 5.74) is 1.03. The molecular formula is C11H8N2O. The van der Waals surface area contributed by atoms with E-state index in [-0.39, 0.29) is 12.2 Å². The summed E-state index contributed by atoms with van der Waals surface area (Å²) in [7, 11) is 0. The van der Waals surface area contributed by atoms with Gasteiger partial charge in [-0.15, -0.1) is 0 Å². The van der Waals surface area contributed by atoms with Crippen LogP contribution in [0.3, 0.4) is 0 Å². The van der Waals surface area contributed by atoms with E-state index in [1.807, 2.05) is 6.07 Å². The normalized spacial score (nSPS) is 8.50. The van der Waals surface area contributed by atoms with Gasteiger partial charge in [-0.3, -0.25) is 0 Å². The Balaban J connectivity index is 3.26. The van der Waals surface area contributed by atoms with Crippen LogP contribution in [-0.4, -0.2) is 11.7 Å². The molecule has 1 aromatic carbocycles. The zero-order valence-electron chi connectivity index (χ0n) is 7.44. The van der Waals surface area contributed by atoms with Crippen molar-refractivity contribution in [2.75, 3.05) is 6.61 Å². The molecule has 0 saturated carbocycles. The van der Waals surface area contributed by atoms with Gasteiger partial charge in [0.1, 0.15) is 17.7 Å². The van der Waals surface area contributed by atoms with Crippen molar-refractivity contribution < 1.29 is 5.11 Å². The summed E-state index contributed by atoms with van der Waals surface area (Å²) in [5.74, 6) is 0. The van der Waals surface area contributed by atoms with Crippen molar-refractivity contribution in [2.45, 2.75) is 0 Å². The number of allylic oxidation sites excluding steroid dienone is 1. The summed E-state index contributed by atoms with van der Waals surface area (Å²) in [6.45, 7) is -0.305. The third-order valence-corrected chi connectivity index (χ3v) is 1.81. The molecule has 0 amide bonds. The molecule has 0 aromatic heterocycles. The highest BCUT2D eigenvalue weighted by molar-refractivity contribution is 5.75. The molecule has 0 aliphatic heterocycles. The van der Waals surface area contributed by atoms with E-state index in [1.54, 1.807) is 36.4 Å². The number of rotatable bonds is 2. The van der Waals surface area contributed by atoms with Gasteiger partial charge in [-0.2, -0.15) is 10.5 Å². The van der Waals surface area contributed by atoms with Gasteiger partial charge in [0.25, 0.3) is 0 Å². The lowest BCUT2D eigenvalue weighted by Gasteiger charge is -2.02. The van der Waals surface area contributed by atoms with Gasteiger partial charge >= 0.3 is 0 Å². The molecule has 14 heavy (non-hydrogen) atoms. The van der Waals surface area contributed by atoms with E-state index >= 15 is 0 Å². The molecule has 0 heterocycles. The van der Waals surface area contributed by atoms with Gasteiger partial charge in [0, 0.05) is 5.57 Å². The number of hydrogen-bond donors (Lipinski definition) is 1. The number of nitrogens with zero attached hydrogens (tertiary/aromatic N) is 2. The molecule has 0 aliphatic carbocycles. The standard InChI is InChI=1S/C11H8N2O/c12-6-10(7-13)11(8-14)9-4-2-1-3-5-9/h1-5,14H,8H2. The molecule has 3 nitrogen and oxygen atoms in total. The minimum Gasteiger partial charge on any atom is -0.392 e. The van der Waals surface area contributed by atoms with Crippen molar-refractivity contribution in [1.82, 2.24) is 0 Å². The third kappa shape index (κ3) is 1.98. The second kappa shape index (κ2) is 4.81. The first-order valence-electron chi connectivity index (χ1n) is 4.03. The summed E-state index contributed by atoms with van der Waals surface area (Å²) < 4.78 is 0. The van der Waals surface area contributed by atoms with E-state index in [9.17, 15) is 0 Å². The smallest absolute Gasteiger partial charge is 0.135 e. The number of aliphatic hydroxyl groups is 1. The van der Waals surface area contributed by atoms with Crippen LogP contribution < -0.4 is 0 Å². The number of aliphatic hydroxyl groups excluding tert-OH is 1. The molecule has 0 bridgehead atoms. The van der Waals surface area contributed by atoms with E-state index in [2.05, 4.69) is 0 Å². The van der Waals surface area contributed by atoms with Crippen LogP contribution in [0.5, 0.6) is 0 Å². The molecule has 3 heteroatoms. The van der Waals surface area contributed by atoms with Crippen LogP contribution >= 0.6 is 0 Å². The molecule has 1 rings (SSSR count). The monoisotopic (exact) mass is 184 g/mol. The number of nitriles is 2. The van der Waals surface area contributed by atoms with Crippen molar-refractivity contribution >= 4 is 5.57 Å². The van der Waals surface area contributed by atoms with Crippen LogP contribution in [0.4, 0.5) is 0 Å². The maximum Gasteiger partial charge on any atom is 0.135 e. The van der Waals surface area contributed by atoms with Gasteiger partial charge in [0.05, 0.1) is 6.61 Å². The number of hydrogen-bond acceptors (Lipinski definition) is 3. The Morgan fingerprint density at radius 1 is 1.14 bits per heavy atom. The van der Waals surface area contributed by atoms with E-state index < -0.39 is 0 Å². The van der Waals surface area contributed by atoms with E-state index in [1.165, 1.54) is 0 Å². The van der Waals surface area contributed by atoms with E-state index in [0.29, 0.717) is 11.1 Å². The first-order chi connectivity index (χ1) is 6.83. The van der Waals surface area contributed by atoms with Gasteiger partial charge in [-0.25, -0.2) is 0 Å². The summed E-state index contributed by atoms with van der Waals surface area (Å²) >= 11 is 0. The van der Waals surface area contributed by atoms with E-state index in [4.69, 9.17) is 15.6 Å². The van der Waals surface area contributed by atoms with Gasteiger partial charge in [0.15, 0.2) is 0 Å². The predicted octanol–water partition coefficient (Wildman–Crippen LogP) is 1.48. The Kier molecular flexibility index (Phi) is 3.43. The molecule has 1 aromatic rings. The molecule has 0 radical (unpaired) electrons. The van der Waals surface area contributed by atoms with Crippen LogP contribution in [0.15, 0.2) is 35.9 Å². The number of benzene rings is 1. The second-order valence-electron chi connectivity index (χ2n) is 2.60. The van der Waals surface area contributed by atoms with Crippen molar-refractivity contribution in [3.05, 3.63) is 41.5 Å². The largest absolute Gasteiger partial charge is 0.392 e. The first kappa shape index (κ1) is 9.98. The van der Waals surface area contributed by atoms with Crippen molar-refractivity contribution in [2.24, 2.45) is 0 Å². The average Bonchev–Trinajstić information content (AvgIpc) is 2.27. The zero-order chi connectivity index (χ0) is 10.4. The van der Waals surface area contributed by atoms with Crippen molar-refractivity contribution in [1.29, 1.82) is 10.5 Å². The molecular weight excluding hydrogens is 176 g/mol. The molecule has 1 N–H and O–H groups in total. The fourth-order valence-electron chi connectivity index (χ4n) is 1.11. The Labute approximate surface area is 82.1 Å². The molecule has 0 unspecified atom stereocenters. The van der Waals surface area contributed by atoms with Gasteiger partial charge in [0.2, 0.25) is 0 Å². The summed E-state index contributed by atoms with van der Waals surface area (Å²) in [4.78, 5) is 0. The summed E-state index contributed by atoms with van der Waals surface area (Å²) in [5, 5.41) is 26.3. The lowest BCUT2D eigenvalue weighted by Crippen LogP contribution is -1.94. The lowest BCUT2D eigenvalue weighted by atomic mass is 10.0. The molecule has 0 fully saturated rings. The molecule has 0 aliphatic rings.